The molecule has 1 aromatic rings. The monoisotopic (exact) mass is 221 g/mol. The molecule has 0 amide bonds. The SMILES string of the molecule is Cc1cnc(C)c(C)c1.[O-][Cl+3]([O-])([O-])O. The Labute approximate surface area is 84.4 Å². The zero-order valence-electron chi connectivity index (χ0n) is 8.15. The maximum Gasteiger partial charge on any atom is 0.0777 e. The first-order chi connectivity index (χ1) is 6.20. The summed E-state index contributed by atoms with van der Waals surface area (Å²) in [7, 11) is -4.69. The minimum atomic E-state index is -4.69. The van der Waals surface area contributed by atoms with Gasteiger partial charge in [0.25, 0.3) is 0 Å². The Bertz CT molecular complexity index is 292. The van der Waals surface area contributed by atoms with Crippen LogP contribution in [0.2, 0.25) is 0 Å². The summed E-state index contributed by atoms with van der Waals surface area (Å²) >= 11 is 0. The number of nitrogens with zero attached hydrogens (tertiary/aromatic N) is 1. The largest absolute Gasteiger partial charge is 0.261 e. The fraction of sp³-hybridized carbons (Fsp3) is 0.375. The van der Waals surface area contributed by atoms with E-state index in [-0.39, 0.29) is 0 Å². The number of halogens is 1. The van der Waals surface area contributed by atoms with Gasteiger partial charge in [-0.25, -0.2) is 0 Å². The van der Waals surface area contributed by atoms with Gasteiger partial charge in [-0.05, 0) is 31.9 Å². The summed E-state index contributed by atoms with van der Waals surface area (Å²) in [5.41, 5.74) is 3.63. The van der Waals surface area contributed by atoms with Gasteiger partial charge in [-0.3, -0.25) is 4.98 Å². The highest BCUT2D eigenvalue weighted by Gasteiger charge is 1.98. The number of rotatable bonds is 0. The lowest BCUT2D eigenvalue weighted by Crippen LogP contribution is -2.58. The molecule has 0 aliphatic carbocycles. The molecule has 0 radical (unpaired) electrons. The van der Waals surface area contributed by atoms with Crippen molar-refractivity contribution >= 4 is 0 Å². The van der Waals surface area contributed by atoms with Crippen molar-refractivity contribution in [2.24, 2.45) is 0 Å². The van der Waals surface area contributed by atoms with Crippen LogP contribution >= 0.6 is 0 Å². The zero-order chi connectivity index (χ0) is 11.4. The molecule has 1 rings (SSSR count). The van der Waals surface area contributed by atoms with Crippen molar-refractivity contribution in [3.63, 3.8) is 0 Å². The molecule has 0 aromatic carbocycles. The molecule has 1 heterocycles. The van der Waals surface area contributed by atoms with Gasteiger partial charge in [0, 0.05) is 11.9 Å². The third kappa shape index (κ3) is 7.90. The smallest absolute Gasteiger partial charge is 0.0777 e. The van der Waals surface area contributed by atoms with E-state index in [9.17, 15) is 0 Å². The molecule has 0 aliphatic rings. The molecule has 0 fully saturated rings. The molecule has 0 atom stereocenters. The van der Waals surface area contributed by atoms with Crippen LogP contribution < -0.4 is 14.0 Å². The standard InChI is InChI=1S/C8H11N.ClHO4/c1-6-4-7(2)8(3)9-5-6;2-1(3,4)5/h4-5H,1-3H3;(H,2,3,4,5). The van der Waals surface area contributed by atoms with Gasteiger partial charge in [-0.15, -0.1) is 0 Å². The lowest BCUT2D eigenvalue weighted by Gasteiger charge is -2.03. The highest BCUT2D eigenvalue weighted by atomic mass is 35.7. The molecule has 0 bridgehead atoms. The summed E-state index contributed by atoms with van der Waals surface area (Å²) in [6, 6.07) is 2.14. The Kier molecular flexibility index (Phi) is 4.96. The van der Waals surface area contributed by atoms with E-state index in [0.29, 0.717) is 0 Å². The molecule has 1 N–H and O–H groups in total. The van der Waals surface area contributed by atoms with Crippen LogP contribution in [0.1, 0.15) is 16.8 Å². The predicted molar refractivity (Wildman–Crippen MR) is 40.7 cm³/mol. The second-order valence-electron chi connectivity index (χ2n) is 2.81. The Morgan fingerprint density at radius 2 is 1.64 bits per heavy atom. The number of aryl methyl sites for hydroxylation is 3. The van der Waals surface area contributed by atoms with E-state index in [2.05, 4.69) is 24.9 Å². The normalized spacial score (nSPS) is 10.5. The van der Waals surface area contributed by atoms with Gasteiger partial charge in [-0.2, -0.15) is 14.0 Å². The van der Waals surface area contributed by atoms with Crippen molar-refractivity contribution < 1.29 is 28.9 Å². The number of hydrogen-bond donors (Lipinski definition) is 1. The van der Waals surface area contributed by atoms with Gasteiger partial charge in [0.2, 0.25) is 0 Å². The van der Waals surface area contributed by atoms with Gasteiger partial charge < -0.3 is 0 Å². The molecule has 80 valence electrons. The van der Waals surface area contributed by atoms with Crippen molar-refractivity contribution in [2.45, 2.75) is 20.8 Å². The van der Waals surface area contributed by atoms with Crippen LogP contribution in [0.3, 0.4) is 0 Å². The summed E-state index contributed by atoms with van der Waals surface area (Å²) in [5, 5.41) is 0. The second-order valence-corrected chi connectivity index (χ2v) is 3.60. The number of hydrogen-bond acceptors (Lipinski definition) is 5. The third-order valence-corrected chi connectivity index (χ3v) is 1.48. The van der Waals surface area contributed by atoms with E-state index in [1.807, 2.05) is 13.1 Å². The number of aromatic nitrogens is 1. The van der Waals surface area contributed by atoms with Crippen molar-refractivity contribution in [3.8, 4) is 0 Å². The van der Waals surface area contributed by atoms with Crippen LogP contribution in [-0.2, 0) is 0 Å². The topological polar surface area (TPSA) is 102 Å². The quantitative estimate of drug-likeness (QED) is 0.540. The molecule has 0 saturated heterocycles. The highest BCUT2D eigenvalue weighted by Crippen LogP contribution is 2.03. The summed E-state index contributed by atoms with van der Waals surface area (Å²) < 4.78 is 32.7. The minimum Gasteiger partial charge on any atom is -0.261 e. The van der Waals surface area contributed by atoms with Gasteiger partial charge in [0.1, 0.15) is 0 Å². The summed E-state index contributed by atoms with van der Waals surface area (Å²) in [6.45, 7) is 6.16. The first-order valence-corrected chi connectivity index (χ1v) is 4.99. The fourth-order valence-corrected chi connectivity index (χ4v) is 0.784. The molecule has 6 heteroatoms. The van der Waals surface area contributed by atoms with Crippen LogP contribution in [0.5, 0.6) is 0 Å². The molecule has 0 unspecified atom stereocenters. The fourth-order valence-electron chi connectivity index (χ4n) is 0.784. The Hall–Kier alpha value is -0.720. The molecule has 14 heavy (non-hydrogen) atoms. The second kappa shape index (κ2) is 5.23. The maximum absolute atomic E-state index is 8.60. The summed E-state index contributed by atoms with van der Waals surface area (Å²) in [4.78, 5) is 4.18. The van der Waals surface area contributed by atoms with E-state index in [0.717, 1.165) is 5.69 Å². The molecule has 0 saturated carbocycles. The van der Waals surface area contributed by atoms with Crippen LogP contribution in [0, 0.1) is 31.0 Å². The third-order valence-electron chi connectivity index (χ3n) is 1.48. The zero-order valence-corrected chi connectivity index (χ0v) is 8.91. The van der Waals surface area contributed by atoms with Gasteiger partial charge in [-0.1, -0.05) is 6.07 Å². The van der Waals surface area contributed by atoms with Crippen molar-refractivity contribution in [2.75, 3.05) is 0 Å². The van der Waals surface area contributed by atoms with E-state index >= 15 is 0 Å². The minimum absolute atomic E-state index is 1.13. The van der Waals surface area contributed by atoms with E-state index in [1.165, 1.54) is 11.1 Å². The van der Waals surface area contributed by atoms with Crippen molar-refractivity contribution in [3.05, 3.63) is 29.1 Å². The van der Waals surface area contributed by atoms with Gasteiger partial charge in [0.05, 0.1) is 14.9 Å². The summed E-state index contributed by atoms with van der Waals surface area (Å²) in [5.74, 6) is 0. The van der Waals surface area contributed by atoms with Crippen LogP contribution in [0.25, 0.3) is 0 Å². The molecular weight excluding hydrogens is 210 g/mol. The van der Waals surface area contributed by atoms with Crippen molar-refractivity contribution in [1.29, 1.82) is 0 Å². The molecule has 0 aliphatic heterocycles. The van der Waals surface area contributed by atoms with Gasteiger partial charge in [0.15, 0.2) is 0 Å². The lowest BCUT2D eigenvalue weighted by atomic mass is 10.2. The molecular formula is C8H12ClNO4. The van der Waals surface area contributed by atoms with E-state index in [1.54, 1.807) is 0 Å². The van der Waals surface area contributed by atoms with Crippen LogP contribution in [0.15, 0.2) is 12.3 Å². The van der Waals surface area contributed by atoms with Crippen LogP contribution in [-0.4, -0.2) is 9.64 Å². The molecule has 0 spiro atoms. The first kappa shape index (κ1) is 13.3. The maximum atomic E-state index is 8.60. The van der Waals surface area contributed by atoms with Crippen molar-refractivity contribution in [1.82, 2.24) is 4.98 Å². The first-order valence-electron chi connectivity index (χ1n) is 3.73. The highest BCUT2D eigenvalue weighted by molar-refractivity contribution is 5.21. The summed E-state index contributed by atoms with van der Waals surface area (Å²) in [6.07, 6.45) is 1.89. The Balaban J connectivity index is 0.000000292. The Morgan fingerprint density at radius 3 is 1.93 bits per heavy atom. The number of pyridine rings is 1. The van der Waals surface area contributed by atoms with Gasteiger partial charge >= 0.3 is 0 Å². The molecule has 5 nitrogen and oxygen atoms in total. The average Bonchev–Trinajstić information content (AvgIpc) is 1.94. The van der Waals surface area contributed by atoms with E-state index in [4.69, 9.17) is 18.6 Å². The van der Waals surface area contributed by atoms with Crippen LogP contribution in [0.4, 0.5) is 0 Å². The predicted octanol–water partition coefficient (Wildman–Crippen LogP) is -2.12. The lowest BCUT2D eigenvalue weighted by molar-refractivity contribution is -1.92. The Morgan fingerprint density at radius 1 is 1.21 bits per heavy atom. The molecule has 1 aromatic heterocycles. The van der Waals surface area contributed by atoms with E-state index < -0.39 is 10.2 Å². The average molecular weight is 222 g/mol.